The van der Waals surface area contributed by atoms with Crippen molar-refractivity contribution in [3.8, 4) is 0 Å². The Kier molecular flexibility index (Phi) is 6.02. The minimum absolute atomic E-state index is 0.226. The van der Waals surface area contributed by atoms with Crippen LogP contribution in [0, 0.1) is 13.8 Å². The molecule has 20 heavy (non-hydrogen) atoms. The first-order chi connectivity index (χ1) is 9.21. The van der Waals surface area contributed by atoms with Gasteiger partial charge < -0.3 is 5.11 Å². The maximum atomic E-state index is 12.3. The van der Waals surface area contributed by atoms with Crippen molar-refractivity contribution in [2.24, 2.45) is 0 Å². The van der Waals surface area contributed by atoms with E-state index in [1.54, 1.807) is 6.92 Å². The molecule has 2 nitrogen and oxygen atoms in total. The normalized spacial score (nSPS) is 13.8. The molecule has 0 amide bonds. The van der Waals surface area contributed by atoms with E-state index in [0.717, 1.165) is 16.7 Å². The summed E-state index contributed by atoms with van der Waals surface area (Å²) in [5, 5.41) is 10.1. The highest BCUT2D eigenvalue weighted by Crippen LogP contribution is 2.21. The number of hydrogen-bond donors (Lipinski definition) is 1. The maximum Gasteiger partial charge on any atom is 0.401 e. The van der Waals surface area contributed by atoms with Crippen LogP contribution in [0.15, 0.2) is 18.2 Å². The van der Waals surface area contributed by atoms with Crippen molar-refractivity contribution < 1.29 is 18.3 Å². The van der Waals surface area contributed by atoms with Gasteiger partial charge in [-0.25, -0.2) is 0 Å². The number of alkyl halides is 3. The van der Waals surface area contributed by atoms with Gasteiger partial charge in [-0.05, 0) is 32.4 Å². The standard InChI is InChI=1S/C15H22F3NO/c1-4-19(10-15(16,17)18)6-5-14(20)13-8-11(2)7-12(3)9-13/h7-9,14,20H,4-6,10H2,1-3H3. The molecule has 0 saturated carbocycles. The van der Waals surface area contributed by atoms with E-state index in [-0.39, 0.29) is 6.54 Å². The summed E-state index contributed by atoms with van der Waals surface area (Å²) in [5.41, 5.74) is 2.86. The molecule has 1 aromatic carbocycles. The molecule has 0 radical (unpaired) electrons. The molecule has 0 spiro atoms. The van der Waals surface area contributed by atoms with Crippen LogP contribution >= 0.6 is 0 Å². The summed E-state index contributed by atoms with van der Waals surface area (Å²) in [6, 6.07) is 5.74. The molecule has 1 rings (SSSR count). The van der Waals surface area contributed by atoms with Crippen LogP contribution in [0.2, 0.25) is 0 Å². The zero-order chi connectivity index (χ0) is 15.3. The van der Waals surface area contributed by atoms with Crippen molar-refractivity contribution in [3.63, 3.8) is 0 Å². The summed E-state index contributed by atoms with van der Waals surface area (Å²) in [5.74, 6) is 0. The lowest BCUT2D eigenvalue weighted by Crippen LogP contribution is -2.35. The molecule has 1 unspecified atom stereocenters. The summed E-state index contributed by atoms with van der Waals surface area (Å²) >= 11 is 0. The van der Waals surface area contributed by atoms with Gasteiger partial charge in [-0.2, -0.15) is 13.2 Å². The van der Waals surface area contributed by atoms with Crippen molar-refractivity contribution in [3.05, 3.63) is 34.9 Å². The molecular weight excluding hydrogens is 267 g/mol. The maximum absolute atomic E-state index is 12.3. The molecule has 0 heterocycles. The highest BCUT2D eigenvalue weighted by molar-refractivity contribution is 5.29. The summed E-state index contributed by atoms with van der Waals surface area (Å²) in [4.78, 5) is 1.30. The van der Waals surface area contributed by atoms with Crippen LogP contribution < -0.4 is 0 Å². The lowest BCUT2D eigenvalue weighted by Gasteiger charge is -2.23. The van der Waals surface area contributed by atoms with Gasteiger partial charge in [-0.1, -0.05) is 36.2 Å². The van der Waals surface area contributed by atoms with Crippen molar-refractivity contribution in [2.75, 3.05) is 19.6 Å². The van der Waals surface area contributed by atoms with Crippen molar-refractivity contribution in [1.29, 1.82) is 0 Å². The summed E-state index contributed by atoms with van der Waals surface area (Å²) in [7, 11) is 0. The van der Waals surface area contributed by atoms with Crippen LogP contribution in [0.25, 0.3) is 0 Å². The predicted octanol–water partition coefficient (Wildman–Crippen LogP) is 3.61. The van der Waals surface area contributed by atoms with E-state index in [1.807, 2.05) is 32.0 Å². The molecule has 0 aliphatic heterocycles. The summed E-state index contributed by atoms with van der Waals surface area (Å²) in [6.45, 7) is 5.18. The minimum Gasteiger partial charge on any atom is -0.388 e. The van der Waals surface area contributed by atoms with Gasteiger partial charge in [0.25, 0.3) is 0 Å². The third-order valence-corrected chi connectivity index (χ3v) is 3.20. The van der Waals surface area contributed by atoms with Gasteiger partial charge in [0.2, 0.25) is 0 Å². The fraction of sp³-hybridized carbons (Fsp3) is 0.600. The van der Waals surface area contributed by atoms with Crippen LogP contribution in [0.4, 0.5) is 13.2 Å². The second kappa shape index (κ2) is 7.09. The van der Waals surface area contributed by atoms with Crippen molar-refractivity contribution in [2.45, 2.75) is 39.5 Å². The Morgan fingerprint density at radius 2 is 1.70 bits per heavy atom. The number of aliphatic hydroxyl groups excluding tert-OH is 1. The molecule has 114 valence electrons. The topological polar surface area (TPSA) is 23.5 Å². The molecule has 0 aromatic heterocycles. The average Bonchev–Trinajstić information content (AvgIpc) is 2.31. The third kappa shape index (κ3) is 5.92. The molecule has 5 heteroatoms. The van der Waals surface area contributed by atoms with Gasteiger partial charge in [0.05, 0.1) is 12.6 Å². The van der Waals surface area contributed by atoms with E-state index in [9.17, 15) is 18.3 Å². The number of hydrogen-bond acceptors (Lipinski definition) is 2. The SMILES string of the molecule is CCN(CCC(O)c1cc(C)cc(C)c1)CC(F)(F)F. The lowest BCUT2D eigenvalue weighted by molar-refractivity contribution is -0.146. The first-order valence-electron chi connectivity index (χ1n) is 6.76. The minimum atomic E-state index is -4.19. The van der Waals surface area contributed by atoms with Gasteiger partial charge in [0.1, 0.15) is 0 Å². The van der Waals surface area contributed by atoms with E-state index in [0.29, 0.717) is 13.0 Å². The van der Waals surface area contributed by atoms with Crippen LogP contribution in [-0.4, -0.2) is 35.8 Å². The van der Waals surface area contributed by atoms with Crippen molar-refractivity contribution in [1.82, 2.24) is 4.90 Å². The first-order valence-corrected chi connectivity index (χ1v) is 6.76. The number of rotatable bonds is 6. The molecule has 0 saturated heterocycles. The first kappa shape index (κ1) is 17.0. The Morgan fingerprint density at radius 1 is 1.15 bits per heavy atom. The van der Waals surface area contributed by atoms with Crippen LogP contribution in [-0.2, 0) is 0 Å². The molecule has 0 aliphatic rings. The molecular formula is C15H22F3NO. The molecule has 1 N–H and O–H groups in total. The largest absolute Gasteiger partial charge is 0.401 e. The third-order valence-electron chi connectivity index (χ3n) is 3.20. The molecule has 1 atom stereocenters. The lowest BCUT2D eigenvalue weighted by atomic mass is 10.0. The quantitative estimate of drug-likeness (QED) is 0.864. The van der Waals surface area contributed by atoms with Crippen LogP contribution in [0.1, 0.15) is 36.1 Å². The van der Waals surface area contributed by atoms with E-state index in [1.165, 1.54) is 4.90 Å². The Balaban J connectivity index is 2.59. The highest BCUT2D eigenvalue weighted by atomic mass is 19.4. The van der Waals surface area contributed by atoms with E-state index in [4.69, 9.17) is 0 Å². The number of aryl methyl sites for hydroxylation is 2. The Morgan fingerprint density at radius 3 is 2.15 bits per heavy atom. The van der Waals surface area contributed by atoms with E-state index >= 15 is 0 Å². The van der Waals surface area contributed by atoms with Gasteiger partial charge in [-0.15, -0.1) is 0 Å². The molecule has 1 aromatic rings. The Bertz CT molecular complexity index is 411. The zero-order valence-electron chi connectivity index (χ0n) is 12.2. The van der Waals surface area contributed by atoms with Gasteiger partial charge in [0.15, 0.2) is 0 Å². The Labute approximate surface area is 118 Å². The van der Waals surface area contributed by atoms with E-state index in [2.05, 4.69) is 0 Å². The molecule has 0 bridgehead atoms. The number of halogens is 3. The van der Waals surface area contributed by atoms with Crippen LogP contribution in [0.5, 0.6) is 0 Å². The summed E-state index contributed by atoms with van der Waals surface area (Å²) in [6.07, 6.45) is -4.62. The zero-order valence-corrected chi connectivity index (χ0v) is 12.2. The fourth-order valence-corrected chi connectivity index (χ4v) is 2.28. The fourth-order valence-electron chi connectivity index (χ4n) is 2.28. The van der Waals surface area contributed by atoms with Gasteiger partial charge in [0, 0.05) is 6.54 Å². The smallest absolute Gasteiger partial charge is 0.388 e. The highest BCUT2D eigenvalue weighted by Gasteiger charge is 2.30. The predicted molar refractivity (Wildman–Crippen MR) is 73.7 cm³/mol. The average molecular weight is 289 g/mol. The van der Waals surface area contributed by atoms with E-state index < -0.39 is 18.8 Å². The molecule has 0 fully saturated rings. The number of benzene rings is 1. The van der Waals surface area contributed by atoms with Gasteiger partial charge >= 0.3 is 6.18 Å². The summed E-state index contributed by atoms with van der Waals surface area (Å²) < 4.78 is 37.0. The van der Waals surface area contributed by atoms with Gasteiger partial charge in [-0.3, -0.25) is 4.90 Å². The number of nitrogens with zero attached hydrogens (tertiary/aromatic N) is 1. The molecule has 0 aliphatic carbocycles. The number of aliphatic hydroxyl groups is 1. The monoisotopic (exact) mass is 289 g/mol. The van der Waals surface area contributed by atoms with Crippen molar-refractivity contribution >= 4 is 0 Å². The second-order valence-electron chi connectivity index (χ2n) is 5.21. The Hall–Kier alpha value is -1.07. The second-order valence-corrected chi connectivity index (χ2v) is 5.21. The van der Waals surface area contributed by atoms with Crippen LogP contribution in [0.3, 0.4) is 0 Å².